The maximum Gasteiger partial charge on any atom is 0.312 e. The third kappa shape index (κ3) is 5.15. The summed E-state index contributed by atoms with van der Waals surface area (Å²) in [4.78, 5) is 22.1. The van der Waals surface area contributed by atoms with E-state index in [-0.39, 0.29) is 19.2 Å². The molecule has 1 atom stereocenters. The van der Waals surface area contributed by atoms with Gasteiger partial charge in [-0.1, -0.05) is 30.3 Å². The maximum absolute atomic E-state index is 11.5. The quantitative estimate of drug-likeness (QED) is 0.733. The van der Waals surface area contributed by atoms with Gasteiger partial charge in [-0.2, -0.15) is 0 Å². The number of rotatable bonds is 5. The van der Waals surface area contributed by atoms with Crippen LogP contribution in [0, 0.1) is 5.92 Å². The van der Waals surface area contributed by atoms with Crippen LogP contribution in [0.15, 0.2) is 30.3 Å². The third-order valence-corrected chi connectivity index (χ3v) is 2.16. The van der Waals surface area contributed by atoms with Crippen LogP contribution in [-0.2, 0) is 25.7 Å². The minimum Gasteiger partial charge on any atom is -0.465 e. The molecule has 17 heavy (non-hydrogen) atoms. The predicted octanol–water partition coefficient (Wildman–Crippen LogP) is 1.93. The molecular weight excluding hydrogens is 220 g/mol. The van der Waals surface area contributed by atoms with Crippen LogP contribution >= 0.6 is 0 Å². The number of esters is 2. The standard InChI is InChI=1S/C13H16O4/c1-10(8-16-11(2)14)13(15)17-9-12-6-4-3-5-7-12/h3-7,10H,8-9H2,1-2H3. The second-order valence-corrected chi connectivity index (χ2v) is 3.80. The van der Waals surface area contributed by atoms with Crippen LogP contribution in [0.1, 0.15) is 19.4 Å². The first kappa shape index (κ1) is 13.2. The first-order chi connectivity index (χ1) is 8.09. The molecule has 0 aliphatic carbocycles. The van der Waals surface area contributed by atoms with Gasteiger partial charge in [0.15, 0.2) is 0 Å². The fourth-order valence-corrected chi connectivity index (χ4v) is 1.18. The van der Waals surface area contributed by atoms with E-state index in [0.29, 0.717) is 0 Å². The van der Waals surface area contributed by atoms with Crippen LogP contribution in [0.4, 0.5) is 0 Å². The molecule has 0 aromatic heterocycles. The molecule has 1 aromatic carbocycles. The topological polar surface area (TPSA) is 52.6 Å². The number of hydrogen-bond acceptors (Lipinski definition) is 4. The second-order valence-electron chi connectivity index (χ2n) is 3.80. The van der Waals surface area contributed by atoms with E-state index in [1.165, 1.54) is 6.92 Å². The van der Waals surface area contributed by atoms with E-state index >= 15 is 0 Å². The lowest BCUT2D eigenvalue weighted by molar-refractivity contribution is -0.154. The molecule has 4 heteroatoms. The van der Waals surface area contributed by atoms with Crippen molar-refractivity contribution < 1.29 is 19.1 Å². The first-order valence-corrected chi connectivity index (χ1v) is 5.43. The predicted molar refractivity (Wildman–Crippen MR) is 62.0 cm³/mol. The van der Waals surface area contributed by atoms with Gasteiger partial charge in [0.2, 0.25) is 0 Å². The van der Waals surface area contributed by atoms with Gasteiger partial charge >= 0.3 is 11.9 Å². The Balaban J connectivity index is 2.32. The lowest BCUT2D eigenvalue weighted by Gasteiger charge is -2.11. The highest BCUT2D eigenvalue weighted by Crippen LogP contribution is 2.05. The molecule has 4 nitrogen and oxygen atoms in total. The van der Waals surface area contributed by atoms with Crippen molar-refractivity contribution in [3.05, 3.63) is 35.9 Å². The Morgan fingerprint density at radius 2 is 1.82 bits per heavy atom. The van der Waals surface area contributed by atoms with Crippen molar-refractivity contribution in [1.82, 2.24) is 0 Å². The van der Waals surface area contributed by atoms with Crippen LogP contribution in [0.2, 0.25) is 0 Å². The Kier molecular flexibility index (Phi) is 5.20. The Hall–Kier alpha value is -1.84. The van der Waals surface area contributed by atoms with E-state index in [1.807, 2.05) is 30.3 Å². The number of benzene rings is 1. The van der Waals surface area contributed by atoms with Gasteiger partial charge in [-0.25, -0.2) is 0 Å². The lowest BCUT2D eigenvalue weighted by Crippen LogP contribution is -2.20. The first-order valence-electron chi connectivity index (χ1n) is 5.43. The molecule has 0 heterocycles. The maximum atomic E-state index is 11.5. The SMILES string of the molecule is CC(=O)OCC(C)C(=O)OCc1ccccc1. The van der Waals surface area contributed by atoms with Crippen molar-refractivity contribution in [2.24, 2.45) is 5.92 Å². The zero-order chi connectivity index (χ0) is 12.7. The van der Waals surface area contributed by atoms with Gasteiger partial charge in [0.25, 0.3) is 0 Å². The Morgan fingerprint density at radius 3 is 2.41 bits per heavy atom. The summed E-state index contributed by atoms with van der Waals surface area (Å²) in [7, 11) is 0. The average Bonchev–Trinajstić information content (AvgIpc) is 2.34. The Morgan fingerprint density at radius 1 is 1.18 bits per heavy atom. The molecule has 1 rings (SSSR count). The molecule has 92 valence electrons. The molecule has 0 fully saturated rings. The summed E-state index contributed by atoms with van der Waals surface area (Å²) in [6.07, 6.45) is 0. The fraction of sp³-hybridized carbons (Fsp3) is 0.385. The summed E-state index contributed by atoms with van der Waals surface area (Å²) in [6.45, 7) is 3.27. The Bertz CT molecular complexity index is 372. The largest absolute Gasteiger partial charge is 0.465 e. The van der Waals surface area contributed by atoms with Gasteiger partial charge < -0.3 is 9.47 Å². The van der Waals surface area contributed by atoms with E-state index < -0.39 is 11.9 Å². The van der Waals surface area contributed by atoms with Gasteiger partial charge in [0, 0.05) is 6.92 Å². The molecule has 1 unspecified atom stereocenters. The van der Waals surface area contributed by atoms with E-state index in [0.717, 1.165) is 5.56 Å². The zero-order valence-electron chi connectivity index (χ0n) is 10.0. The van der Waals surface area contributed by atoms with E-state index in [4.69, 9.17) is 9.47 Å². The van der Waals surface area contributed by atoms with Crippen LogP contribution in [0.25, 0.3) is 0 Å². The smallest absolute Gasteiger partial charge is 0.312 e. The van der Waals surface area contributed by atoms with E-state index in [2.05, 4.69) is 0 Å². The molecule has 0 aliphatic heterocycles. The summed E-state index contributed by atoms with van der Waals surface area (Å²) in [5, 5.41) is 0. The number of ether oxygens (including phenoxy) is 2. The van der Waals surface area contributed by atoms with Gasteiger partial charge in [-0.15, -0.1) is 0 Å². The second kappa shape index (κ2) is 6.68. The van der Waals surface area contributed by atoms with Crippen molar-refractivity contribution in [3.8, 4) is 0 Å². The number of carbonyl (C=O) groups is 2. The molecule has 0 amide bonds. The minimum absolute atomic E-state index is 0.0585. The molecule has 0 bridgehead atoms. The highest BCUT2D eigenvalue weighted by atomic mass is 16.5. The molecular formula is C13H16O4. The van der Waals surface area contributed by atoms with Crippen LogP contribution in [0.5, 0.6) is 0 Å². The molecule has 0 spiro atoms. The third-order valence-electron chi connectivity index (χ3n) is 2.16. The highest BCUT2D eigenvalue weighted by Gasteiger charge is 2.15. The van der Waals surface area contributed by atoms with E-state index in [1.54, 1.807) is 6.92 Å². The monoisotopic (exact) mass is 236 g/mol. The van der Waals surface area contributed by atoms with Gasteiger partial charge in [0.05, 0.1) is 5.92 Å². The fourth-order valence-electron chi connectivity index (χ4n) is 1.18. The number of carbonyl (C=O) groups excluding carboxylic acids is 2. The molecule has 0 N–H and O–H groups in total. The zero-order valence-corrected chi connectivity index (χ0v) is 10.0. The lowest BCUT2D eigenvalue weighted by atomic mass is 10.2. The van der Waals surface area contributed by atoms with Gasteiger partial charge in [-0.05, 0) is 12.5 Å². The summed E-state index contributed by atoms with van der Waals surface area (Å²) >= 11 is 0. The summed E-state index contributed by atoms with van der Waals surface area (Å²) in [5.74, 6) is -1.20. The highest BCUT2D eigenvalue weighted by molar-refractivity contribution is 5.73. The van der Waals surface area contributed by atoms with Crippen molar-refractivity contribution >= 4 is 11.9 Å². The number of hydrogen-bond donors (Lipinski definition) is 0. The summed E-state index contributed by atoms with van der Waals surface area (Å²) in [5.41, 5.74) is 0.931. The Labute approximate surface area is 101 Å². The minimum atomic E-state index is -0.442. The average molecular weight is 236 g/mol. The molecule has 0 saturated heterocycles. The van der Waals surface area contributed by atoms with Crippen LogP contribution in [0.3, 0.4) is 0 Å². The molecule has 1 aromatic rings. The molecule has 0 aliphatic rings. The van der Waals surface area contributed by atoms with Crippen molar-refractivity contribution in [2.75, 3.05) is 6.61 Å². The normalized spacial score (nSPS) is 11.6. The van der Waals surface area contributed by atoms with Crippen molar-refractivity contribution in [2.45, 2.75) is 20.5 Å². The van der Waals surface area contributed by atoms with Crippen LogP contribution in [-0.4, -0.2) is 18.5 Å². The van der Waals surface area contributed by atoms with Gasteiger partial charge in [-0.3, -0.25) is 9.59 Å². The summed E-state index contributed by atoms with van der Waals surface area (Å²) < 4.78 is 9.83. The summed E-state index contributed by atoms with van der Waals surface area (Å²) in [6, 6.07) is 9.42. The molecule has 0 radical (unpaired) electrons. The van der Waals surface area contributed by atoms with E-state index in [9.17, 15) is 9.59 Å². The van der Waals surface area contributed by atoms with Crippen molar-refractivity contribution in [3.63, 3.8) is 0 Å². The molecule has 0 saturated carbocycles. The van der Waals surface area contributed by atoms with Crippen molar-refractivity contribution in [1.29, 1.82) is 0 Å². The van der Waals surface area contributed by atoms with Crippen LogP contribution < -0.4 is 0 Å². The van der Waals surface area contributed by atoms with Gasteiger partial charge in [0.1, 0.15) is 13.2 Å².